The number of nitrogen functional groups attached to an aromatic ring is 1. The molecule has 2 rings (SSSR count). The highest BCUT2D eigenvalue weighted by Gasteiger charge is 2.23. The van der Waals surface area contributed by atoms with Gasteiger partial charge in [-0.2, -0.15) is 0 Å². The van der Waals surface area contributed by atoms with Crippen molar-refractivity contribution in [3.63, 3.8) is 0 Å². The van der Waals surface area contributed by atoms with Crippen LogP contribution in [-0.2, 0) is 9.84 Å². The summed E-state index contributed by atoms with van der Waals surface area (Å²) in [4.78, 5) is 12.5. The number of ether oxygens (including phenoxy) is 2. The molecule has 0 amide bonds. The fraction of sp³-hybridized carbons (Fsp3) is 0.471. The van der Waals surface area contributed by atoms with Crippen molar-refractivity contribution in [1.82, 2.24) is 15.0 Å². The molecular weight excluding hydrogens is 356 g/mol. The molecule has 0 aliphatic heterocycles. The lowest BCUT2D eigenvalue weighted by Gasteiger charge is -2.18. The minimum Gasteiger partial charge on any atom is -0.480 e. The van der Waals surface area contributed by atoms with Crippen molar-refractivity contribution in [1.29, 1.82) is 0 Å². The number of nitrogens with zero attached hydrogens (tertiary/aromatic N) is 3. The van der Waals surface area contributed by atoms with E-state index in [0.29, 0.717) is 22.9 Å². The molecule has 2 heterocycles. The van der Waals surface area contributed by atoms with E-state index in [1.165, 1.54) is 19.4 Å². The number of pyridine rings is 1. The quantitative estimate of drug-likeness (QED) is 0.813. The number of hydrogen-bond donors (Lipinski definition) is 1. The van der Waals surface area contributed by atoms with E-state index in [9.17, 15) is 8.42 Å². The SMILES string of the molecule is COc1nc(C(C)C)c(Oc2cnc(N)nc2C(C)C)cc1S(C)(=O)=O. The van der Waals surface area contributed by atoms with E-state index in [1.807, 2.05) is 27.7 Å². The van der Waals surface area contributed by atoms with Crippen LogP contribution in [0.15, 0.2) is 17.2 Å². The van der Waals surface area contributed by atoms with Gasteiger partial charge < -0.3 is 15.2 Å². The Labute approximate surface area is 153 Å². The smallest absolute Gasteiger partial charge is 0.232 e. The van der Waals surface area contributed by atoms with Gasteiger partial charge in [-0.25, -0.2) is 23.4 Å². The average molecular weight is 380 g/mol. The van der Waals surface area contributed by atoms with Crippen LogP contribution >= 0.6 is 0 Å². The van der Waals surface area contributed by atoms with Gasteiger partial charge in [0.25, 0.3) is 0 Å². The molecule has 0 saturated heterocycles. The van der Waals surface area contributed by atoms with E-state index in [-0.39, 0.29) is 28.6 Å². The van der Waals surface area contributed by atoms with Crippen molar-refractivity contribution < 1.29 is 17.9 Å². The number of methoxy groups -OCH3 is 1. The van der Waals surface area contributed by atoms with Gasteiger partial charge in [-0.05, 0) is 11.8 Å². The highest BCUT2D eigenvalue weighted by atomic mass is 32.2. The van der Waals surface area contributed by atoms with Crippen LogP contribution in [0.2, 0.25) is 0 Å². The van der Waals surface area contributed by atoms with Crippen molar-refractivity contribution in [2.24, 2.45) is 0 Å². The number of rotatable bonds is 6. The van der Waals surface area contributed by atoms with Crippen LogP contribution in [0.25, 0.3) is 0 Å². The Morgan fingerprint density at radius 2 is 1.62 bits per heavy atom. The molecule has 0 unspecified atom stereocenters. The summed E-state index contributed by atoms with van der Waals surface area (Å²) in [6, 6.07) is 1.43. The fourth-order valence-electron chi connectivity index (χ4n) is 2.39. The zero-order valence-electron chi connectivity index (χ0n) is 15.8. The molecule has 26 heavy (non-hydrogen) atoms. The van der Waals surface area contributed by atoms with E-state index in [2.05, 4.69) is 15.0 Å². The topological polar surface area (TPSA) is 117 Å². The van der Waals surface area contributed by atoms with Crippen LogP contribution in [0.4, 0.5) is 5.95 Å². The van der Waals surface area contributed by atoms with Gasteiger partial charge in [0.2, 0.25) is 11.8 Å². The minimum absolute atomic E-state index is 0.0234. The molecule has 2 aromatic rings. The van der Waals surface area contributed by atoms with E-state index in [0.717, 1.165) is 6.26 Å². The zero-order chi connectivity index (χ0) is 19.6. The Bertz CT molecular complexity index is 911. The summed E-state index contributed by atoms with van der Waals surface area (Å²) in [6.45, 7) is 7.76. The number of aromatic nitrogens is 3. The Morgan fingerprint density at radius 1 is 1.04 bits per heavy atom. The highest BCUT2D eigenvalue weighted by molar-refractivity contribution is 7.90. The Balaban J connectivity index is 2.66. The van der Waals surface area contributed by atoms with Crippen LogP contribution in [0.5, 0.6) is 17.4 Å². The molecule has 8 nitrogen and oxygen atoms in total. The number of hydrogen-bond acceptors (Lipinski definition) is 8. The first-order valence-corrected chi connectivity index (χ1v) is 10.0. The Hall–Kier alpha value is -2.42. The third-order valence-electron chi connectivity index (χ3n) is 3.66. The van der Waals surface area contributed by atoms with Crippen LogP contribution in [0.1, 0.15) is 50.9 Å². The summed E-state index contributed by atoms with van der Waals surface area (Å²) >= 11 is 0. The molecule has 142 valence electrons. The maximum Gasteiger partial charge on any atom is 0.232 e. The monoisotopic (exact) mass is 380 g/mol. The van der Waals surface area contributed by atoms with Crippen molar-refractivity contribution in [2.75, 3.05) is 19.1 Å². The van der Waals surface area contributed by atoms with E-state index >= 15 is 0 Å². The summed E-state index contributed by atoms with van der Waals surface area (Å²) in [7, 11) is -2.17. The molecule has 2 N–H and O–H groups in total. The third kappa shape index (κ3) is 4.21. The second kappa shape index (κ2) is 7.45. The normalized spacial score (nSPS) is 11.8. The molecule has 0 aliphatic carbocycles. The highest BCUT2D eigenvalue weighted by Crippen LogP contribution is 2.37. The van der Waals surface area contributed by atoms with Crippen LogP contribution in [0.3, 0.4) is 0 Å². The predicted molar refractivity (Wildman–Crippen MR) is 98.6 cm³/mol. The van der Waals surface area contributed by atoms with E-state index in [1.54, 1.807) is 0 Å². The van der Waals surface area contributed by atoms with Crippen molar-refractivity contribution in [2.45, 2.75) is 44.4 Å². The molecule has 0 bridgehead atoms. The third-order valence-corrected chi connectivity index (χ3v) is 4.75. The lowest BCUT2D eigenvalue weighted by Crippen LogP contribution is -2.08. The summed E-state index contributed by atoms with van der Waals surface area (Å²) < 4.78 is 35.4. The van der Waals surface area contributed by atoms with Gasteiger partial charge in [0.05, 0.1) is 24.7 Å². The minimum atomic E-state index is -3.55. The largest absolute Gasteiger partial charge is 0.480 e. The van der Waals surface area contributed by atoms with Crippen molar-refractivity contribution >= 4 is 15.8 Å². The predicted octanol–water partition coefficient (Wildman–Crippen LogP) is 2.91. The molecule has 2 aromatic heterocycles. The van der Waals surface area contributed by atoms with E-state index in [4.69, 9.17) is 15.2 Å². The molecule has 0 radical (unpaired) electrons. The molecule has 0 atom stereocenters. The van der Waals surface area contributed by atoms with Gasteiger partial charge in [-0.15, -0.1) is 0 Å². The summed E-state index contributed by atoms with van der Waals surface area (Å²) in [5.74, 6) is 0.929. The lowest BCUT2D eigenvalue weighted by molar-refractivity contribution is 0.376. The molecule has 0 spiro atoms. The first kappa shape index (κ1) is 19.9. The summed E-state index contributed by atoms with van der Waals surface area (Å²) in [6.07, 6.45) is 2.57. The summed E-state index contributed by atoms with van der Waals surface area (Å²) in [5, 5.41) is 0. The molecule has 0 fully saturated rings. The molecular formula is C17H24N4O4S. The van der Waals surface area contributed by atoms with Crippen LogP contribution in [-0.4, -0.2) is 36.7 Å². The average Bonchev–Trinajstić information content (AvgIpc) is 2.54. The van der Waals surface area contributed by atoms with Gasteiger partial charge in [0.1, 0.15) is 4.90 Å². The van der Waals surface area contributed by atoms with Crippen LogP contribution in [0, 0.1) is 0 Å². The first-order valence-electron chi connectivity index (χ1n) is 8.13. The molecule has 0 aliphatic rings. The van der Waals surface area contributed by atoms with Gasteiger partial charge in [0, 0.05) is 12.3 Å². The second-order valence-corrected chi connectivity index (χ2v) is 8.52. The number of sulfone groups is 1. The lowest BCUT2D eigenvalue weighted by atomic mass is 10.1. The van der Waals surface area contributed by atoms with Crippen molar-refractivity contribution in [3.05, 3.63) is 23.7 Å². The van der Waals surface area contributed by atoms with Gasteiger partial charge in [0.15, 0.2) is 21.3 Å². The second-order valence-electron chi connectivity index (χ2n) is 6.54. The number of nitrogens with two attached hydrogens (primary N) is 1. The number of anilines is 1. The fourth-order valence-corrected chi connectivity index (χ4v) is 3.16. The molecule has 0 aromatic carbocycles. The van der Waals surface area contributed by atoms with Gasteiger partial charge in [-0.1, -0.05) is 27.7 Å². The molecule has 9 heteroatoms. The van der Waals surface area contributed by atoms with Gasteiger partial charge in [-0.3, -0.25) is 0 Å². The Kier molecular flexibility index (Phi) is 5.70. The maximum absolute atomic E-state index is 12.1. The Morgan fingerprint density at radius 3 is 2.12 bits per heavy atom. The standard InChI is InChI=1S/C17H24N4O4S/c1-9(2)14-11(7-13(26(6,22)23)16(20-14)24-5)25-12-8-19-17(18)21-15(12)10(3)4/h7-10H,1-6H3,(H2,18,19,21). The maximum atomic E-state index is 12.1. The van der Waals surface area contributed by atoms with E-state index < -0.39 is 9.84 Å². The summed E-state index contributed by atoms with van der Waals surface area (Å²) in [5.41, 5.74) is 6.87. The zero-order valence-corrected chi connectivity index (χ0v) is 16.6. The van der Waals surface area contributed by atoms with Gasteiger partial charge >= 0.3 is 0 Å². The first-order chi connectivity index (χ1) is 12.0. The van der Waals surface area contributed by atoms with Crippen LogP contribution < -0.4 is 15.2 Å². The molecule has 0 saturated carbocycles. The van der Waals surface area contributed by atoms with Crippen molar-refractivity contribution in [3.8, 4) is 17.4 Å².